The Balaban J connectivity index is 3.80. The molecular formula is C8H11NO6. The summed E-state index contributed by atoms with van der Waals surface area (Å²) in [7, 11) is 0. The molecule has 0 atom stereocenters. The Morgan fingerprint density at radius 3 is 2.00 bits per heavy atom. The summed E-state index contributed by atoms with van der Waals surface area (Å²) in [5.41, 5.74) is 5.02. The first-order chi connectivity index (χ1) is 6.97. The number of hydrogen-bond donors (Lipinski definition) is 2. The second kappa shape index (κ2) is 6.66. The molecule has 0 aromatic carbocycles. The molecule has 0 unspecified atom stereocenters. The summed E-state index contributed by atoms with van der Waals surface area (Å²) in [4.78, 5) is 42.1. The van der Waals surface area contributed by atoms with Crippen LogP contribution in [0.3, 0.4) is 0 Å². The van der Waals surface area contributed by atoms with Crippen molar-refractivity contribution in [2.24, 2.45) is 5.73 Å². The number of carbonyl (C=O) groups is 4. The van der Waals surface area contributed by atoms with Crippen LogP contribution in [0.1, 0.15) is 19.3 Å². The standard InChI is InChI=1S/C8H11NO6/c9-4-3-7(12)15-6(11)2-1-5(10)8(13)14/h1-4,9H2,(H,13,14). The van der Waals surface area contributed by atoms with E-state index in [0.717, 1.165) is 0 Å². The first kappa shape index (κ1) is 13.2. The molecule has 0 spiro atoms. The number of aliphatic carboxylic acids is 1. The van der Waals surface area contributed by atoms with Crippen molar-refractivity contribution in [3.8, 4) is 0 Å². The lowest BCUT2D eigenvalue weighted by Crippen LogP contribution is -2.18. The van der Waals surface area contributed by atoms with Crippen LogP contribution >= 0.6 is 0 Å². The van der Waals surface area contributed by atoms with E-state index in [9.17, 15) is 19.2 Å². The van der Waals surface area contributed by atoms with Gasteiger partial charge in [0.15, 0.2) is 0 Å². The lowest BCUT2D eigenvalue weighted by molar-refractivity contribution is -0.160. The lowest BCUT2D eigenvalue weighted by atomic mass is 10.2. The fourth-order valence-corrected chi connectivity index (χ4v) is 0.669. The van der Waals surface area contributed by atoms with Crippen LogP contribution < -0.4 is 5.73 Å². The summed E-state index contributed by atoms with van der Waals surface area (Å²) < 4.78 is 4.22. The van der Waals surface area contributed by atoms with E-state index in [1.807, 2.05) is 0 Å². The maximum atomic E-state index is 10.8. The zero-order valence-corrected chi connectivity index (χ0v) is 7.89. The SMILES string of the molecule is NCCC(=O)OC(=O)CCC(=O)C(=O)O. The van der Waals surface area contributed by atoms with E-state index < -0.39 is 36.5 Å². The molecule has 0 aliphatic carbocycles. The molecule has 15 heavy (non-hydrogen) atoms. The molecule has 0 aliphatic rings. The van der Waals surface area contributed by atoms with Gasteiger partial charge in [0.2, 0.25) is 5.78 Å². The molecule has 0 saturated carbocycles. The first-order valence-electron chi connectivity index (χ1n) is 4.17. The Hall–Kier alpha value is -1.76. The number of ether oxygens (including phenoxy) is 1. The minimum absolute atomic E-state index is 0.0557. The summed E-state index contributed by atoms with van der Waals surface area (Å²) in [5.74, 6) is -4.43. The van der Waals surface area contributed by atoms with Crippen LogP contribution in [0.15, 0.2) is 0 Å². The fraction of sp³-hybridized carbons (Fsp3) is 0.500. The van der Waals surface area contributed by atoms with Crippen molar-refractivity contribution >= 4 is 23.7 Å². The Bertz CT molecular complexity index is 285. The molecule has 0 heterocycles. The number of hydrogen-bond acceptors (Lipinski definition) is 6. The Labute approximate surface area is 85.2 Å². The van der Waals surface area contributed by atoms with Crippen molar-refractivity contribution < 1.29 is 29.0 Å². The molecule has 0 aliphatic heterocycles. The van der Waals surface area contributed by atoms with Crippen molar-refractivity contribution in [1.82, 2.24) is 0 Å². The highest BCUT2D eigenvalue weighted by Gasteiger charge is 2.15. The number of rotatable bonds is 6. The summed E-state index contributed by atoms with van der Waals surface area (Å²) >= 11 is 0. The molecule has 0 aromatic heterocycles. The highest BCUT2D eigenvalue weighted by atomic mass is 16.6. The molecule has 0 radical (unpaired) electrons. The number of nitrogens with two attached hydrogens (primary N) is 1. The van der Waals surface area contributed by atoms with Gasteiger partial charge in [-0.15, -0.1) is 0 Å². The molecule has 0 saturated heterocycles. The number of ketones is 1. The highest BCUT2D eigenvalue weighted by Crippen LogP contribution is 1.96. The summed E-state index contributed by atoms with van der Waals surface area (Å²) in [6.45, 7) is 0.0557. The van der Waals surface area contributed by atoms with Crippen molar-refractivity contribution in [2.75, 3.05) is 6.54 Å². The number of Topliss-reactive ketones (excluding diaryl/α,β-unsaturated/α-hetero) is 1. The number of esters is 2. The number of carboxylic acid groups (broad SMARTS) is 1. The Kier molecular flexibility index (Phi) is 5.88. The Morgan fingerprint density at radius 2 is 1.53 bits per heavy atom. The lowest BCUT2D eigenvalue weighted by Gasteiger charge is -2.00. The zero-order chi connectivity index (χ0) is 11.8. The van der Waals surface area contributed by atoms with Crippen LogP contribution in [0.4, 0.5) is 0 Å². The monoisotopic (exact) mass is 217 g/mol. The van der Waals surface area contributed by atoms with E-state index in [4.69, 9.17) is 10.8 Å². The Morgan fingerprint density at radius 1 is 1.00 bits per heavy atom. The van der Waals surface area contributed by atoms with Crippen LogP contribution in [0.25, 0.3) is 0 Å². The van der Waals surface area contributed by atoms with E-state index in [1.165, 1.54) is 0 Å². The molecule has 0 aromatic rings. The predicted octanol–water partition coefficient (Wildman–Crippen LogP) is -1.16. The second-order valence-corrected chi connectivity index (χ2v) is 2.61. The molecule has 3 N–H and O–H groups in total. The molecule has 0 rings (SSSR count). The average molecular weight is 217 g/mol. The molecule has 0 fully saturated rings. The van der Waals surface area contributed by atoms with Gasteiger partial charge in [-0.25, -0.2) is 4.79 Å². The smallest absolute Gasteiger partial charge is 0.372 e. The maximum Gasteiger partial charge on any atom is 0.372 e. The van der Waals surface area contributed by atoms with Crippen molar-refractivity contribution in [3.05, 3.63) is 0 Å². The minimum Gasteiger partial charge on any atom is -0.476 e. The van der Waals surface area contributed by atoms with Gasteiger partial charge in [-0.1, -0.05) is 0 Å². The van der Waals surface area contributed by atoms with Crippen LogP contribution in [0, 0.1) is 0 Å². The van der Waals surface area contributed by atoms with Crippen molar-refractivity contribution in [3.63, 3.8) is 0 Å². The third-order valence-corrected chi connectivity index (χ3v) is 1.37. The van der Waals surface area contributed by atoms with Gasteiger partial charge < -0.3 is 15.6 Å². The second-order valence-electron chi connectivity index (χ2n) is 2.61. The highest BCUT2D eigenvalue weighted by molar-refractivity contribution is 6.32. The van der Waals surface area contributed by atoms with Gasteiger partial charge in [0.1, 0.15) is 0 Å². The van der Waals surface area contributed by atoms with E-state index in [0.29, 0.717) is 0 Å². The van der Waals surface area contributed by atoms with Gasteiger partial charge in [0.05, 0.1) is 12.8 Å². The third-order valence-electron chi connectivity index (χ3n) is 1.37. The average Bonchev–Trinajstić information content (AvgIpc) is 2.14. The normalized spacial score (nSPS) is 9.40. The summed E-state index contributed by atoms with van der Waals surface area (Å²) in [6.07, 6.45) is -1.01. The van der Waals surface area contributed by atoms with E-state index in [1.54, 1.807) is 0 Å². The summed E-state index contributed by atoms with van der Waals surface area (Å²) in [6, 6.07) is 0. The van der Waals surface area contributed by atoms with Gasteiger partial charge in [-0.3, -0.25) is 14.4 Å². The van der Waals surface area contributed by atoms with Crippen molar-refractivity contribution in [2.45, 2.75) is 19.3 Å². The van der Waals surface area contributed by atoms with Crippen LogP contribution in [0.2, 0.25) is 0 Å². The number of carboxylic acids is 1. The molecule has 7 heteroatoms. The third kappa shape index (κ3) is 6.33. The van der Waals surface area contributed by atoms with Gasteiger partial charge in [0.25, 0.3) is 0 Å². The van der Waals surface area contributed by atoms with Gasteiger partial charge in [0, 0.05) is 13.0 Å². The quantitative estimate of drug-likeness (QED) is 0.326. The maximum absolute atomic E-state index is 10.8. The predicted molar refractivity (Wildman–Crippen MR) is 46.6 cm³/mol. The van der Waals surface area contributed by atoms with Crippen LogP contribution in [-0.4, -0.2) is 35.3 Å². The van der Waals surface area contributed by atoms with Crippen LogP contribution in [0.5, 0.6) is 0 Å². The molecular weight excluding hydrogens is 206 g/mol. The molecule has 7 nitrogen and oxygen atoms in total. The minimum atomic E-state index is -1.61. The molecule has 0 bridgehead atoms. The zero-order valence-electron chi connectivity index (χ0n) is 7.89. The summed E-state index contributed by atoms with van der Waals surface area (Å²) in [5, 5.41) is 8.18. The molecule has 84 valence electrons. The van der Waals surface area contributed by atoms with Gasteiger partial charge in [-0.05, 0) is 0 Å². The van der Waals surface area contributed by atoms with E-state index >= 15 is 0 Å². The molecule has 0 amide bonds. The topological polar surface area (TPSA) is 124 Å². The van der Waals surface area contributed by atoms with E-state index in [-0.39, 0.29) is 13.0 Å². The fourth-order valence-electron chi connectivity index (χ4n) is 0.669. The van der Waals surface area contributed by atoms with Gasteiger partial charge >= 0.3 is 17.9 Å². The van der Waals surface area contributed by atoms with E-state index in [2.05, 4.69) is 4.74 Å². The number of carbonyl (C=O) groups excluding carboxylic acids is 3. The van der Waals surface area contributed by atoms with Crippen molar-refractivity contribution in [1.29, 1.82) is 0 Å². The van der Waals surface area contributed by atoms with Crippen LogP contribution in [-0.2, 0) is 23.9 Å². The first-order valence-corrected chi connectivity index (χ1v) is 4.17. The largest absolute Gasteiger partial charge is 0.476 e. The van der Waals surface area contributed by atoms with Gasteiger partial charge in [-0.2, -0.15) is 0 Å².